The first-order chi connectivity index (χ1) is 16.3. The molecule has 0 bridgehead atoms. The summed E-state index contributed by atoms with van der Waals surface area (Å²) < 4.78 is 0. The Bertz CT molecular complexity index is 679. The summed E-state index contributed by atoms with van der Waals surface area (Å²) >= 11 is 0. The Morgan fingerprint density at radius 2 is 1.71 bits per heavy atom. The Balaban J connectivity index is 1.98. The summed E-state index contributed by atoms with van der Waals surface area (Å²) in [5, 5.41) is 13.0. The minimum Gasteiger partial charge on any atom is -0.393 e. The number of aliphatic hydroxyl groups excluding tert-OH is 1. The molecule has 4 nitrogen and oxygen atoms in total. The zero-order chi connectivity index (χ0) is 25.1. The summed E-state index contributed by atoms with van der Waals surface area (Å²) in [5.74, 6) is 0.170. The minimum atomic E-state index is -0.341. The smallest absolute Gasteiger partial charge is 0.219 e. The first kappa shape index (κ1) is 30.4. The molecule has 0 saturated heterocycles. The molecule has 0 aliphatic carbocycles. The van der Waals surface area contributed by atoms with Crippen molar-refractivity contribution in [2.75, 3.05) is 6.54 Å². The van der Waals surface area contributed by atoms with Gasteiger partial charge in [-0.25, -0.2) is 0 Å². The minimum absolute atomic E-state index is 0.170. The van der Waals surface area contributed by atoms with Crippen LogP contribution in [-0.4, -0.2) is 23.7 Å². The Kier molecular flexibility index (Phi) is 16.7. The van der Waals surface area contributed by atoms with E-state index < -0.39 is 0 Å². The average Bonchev–Trinajstić information content (AvgIpc) is 2.80. The second kappa shape index (κ2) is 18.6. The van der Waals surface area contributed by atoms with Gasteiger partial charge >= 0.3 is 0 Å². The fraction of sp³-hybridized carbons (Fsp3) is 0.700. The summed E-state index contributed by atoms with van der Waals surface area (Å²) in [5.41, 5.74) is 8.40. The molecule has 0 aliphatic rings. The number of aliphatic hydroxyl groups is 1. The molecule has 34 heavy (non-hydrogen) atoms. The molecule has 1 atom stereocenters. The fourth-order valence-corrected chi connectivity index (χ4v) is 4.34. The van der Waals surface area contributed by atoms with Crippen LogP contribution in [0.3, 0.4) is 0 Å². The summed E-state index contributed by atoms with van der Waals surface area (Å²) in [4.78, 5) is 12.1. The van der Waals surface area contributed by atoms with E-state index in [1.165, 1.54) is 49.7 Å². The van der Waals surface area contributed by atoms with Crippen LogP contribution < -0.4 is 11.1 Å². The Morgan fingerprint density at radius 1 is 1.00 bits per heavy atom. The molecule has 0 spiro atoms. The number of aryl methyl sites for hydroxylation is 1. The molecule has 1 aromatic rings. The molecule has 1 unspecified atom stereocenters. The van der Waals surface area contributed by atoms with Crippen molar-refractivity contribution in [3.63, 3.8) is 0 Å². The third-order valence-electron chi connectivity index (χ3n) is 6.40. The zero-order valence-electron chi connectivity index (χ0n) is 22.3. The zero-order valence-corrected chi connectivity index (χ0v) is 22.3. The van der Waals surface area contributed by atoms with Crippen LogP contribution in [0.15, 0.2) is 36.4 Å². The lowest BCUT2D eigenvalue weighted by Crippen LogP contribution is -2.30. The van der Waals surface area contributed by atoms with Crippen LogP contribution in [0.4, 0.5) is 0 Å². The molecule has 0 aliphatic heterocycles. The first-order valence-corrected chi connectivity index (χ1v) is 13.8. The van der Waals surface area contributed by atoms with E-state index in [9.17, 15) is 9.90 Å². The SMILES string of the molecule is CCCCCCC(O)C/C=C\CCCCCCCC(=O)NCCCc1ccccc1C(C)(C)N. The molecule has 1 rings (SSSR count). The lowest BCUT2D eigenvalue weighted by atomic mass is 9.89. The molecule has 1 amide bonds. The highest BCUT2D eigenvalue weighted by Crippen LogP contribution is 2.22. The van der Waals surface area contributed by atoms with Crippen molar-refractivity contribution in [3.05, 3.63) is 47.5 Å². The van der Waals surface area contributed by atoms with E-state index in [1.54, 1.807) is 0 Å². The van der Waals surface area contributed by atoms with Crippen LogP contribution in [0.2, 0.25) is 0 Å². The van der Waals surface area contributed by atoms with E-state index in [4.69, 9.17) is 5.73 Å². The van der Waals surface area contributed by atoms with Crippen molar-refractivity contribution in [3.8, 4) is 0 Å². The van der Waals surface area contributed by atoms with Gasteiger partial charge in [-0.2, -0.15) is 0 Å². The number of nitrogens with one attached hydrogen (secondary N) is 1. The summed E-state index contributed by atoms with van der Waals surface area (Å²) in [6.07, 6.45) is 20.1. The monoisotopic (exact) mass is 472 g/mol. The van der Waals surface area contributed by atoms with Gasteiger partial charge in [0.15, 0.2) is 0 Å². The predicted molar refractivity (Wildman–Crippen MR) is 146 cm³/mol. The van der Waals surface area contributed by atoms with Gasteiger partial charge in [0, 0.05) is 18.5 Å². The first-order valence-electron chi connectivity index (χ1n) is 13.8. The highest BCUT2D eigenvalue weighted by molar-refractivity contribution is 5.75. The molecule has 0 heterocycles. The molecular formula is C30H52N2O2. The van der Waals surface area contributed by atoms with Crippen LogP contribution >= 0.6 is 0 Å². The number of hydrogen-bond donors (Lipinski definition) is 3. The predicted octanol–water partition coefficient (Wildman–Crippen LogP) is 6.94. The van der Waals surface area contributed by atoms with Gasteiger partial charge in [-0.05, 0) is 69.9 Å². The maximum atomic E-state index is 12.1. The Labute approximate surface area is 209 Å². The summed E-state index contributed by atoms with van der Waals surface area (Å²) in [6.45, 7) is 7.00. The fourth-order valence-electron chi connectivity index (χ4n) is 4.34. The number of carbonyl (C=O) groups excluding carboxylic acids is 1. The number of benzene rings is 1. The normalized spacial score (nSPS) is 12.9. The summed E-state index contributed by atoms with van der Waals surface area (Å²) in [7, 11) is 0. The Morgan fingerprint density at radius 3 is 2.47 bits per heavy atom. The quantitative estimate of drug-likeness (QED) is 0.142. The molecule has 1 aromatic carbocycles. The molecule has 0 fully saturated rings. The van der Waals surface area contributed by atoms with E-state index in [-0.39, 0.29) is 17.6 Å². The third kappa shape index (κ3) is 15.3. The van der Waals surface area contributed by atoms with Crippen LogP contribution in [0.25, 0.3) is 0 Å². The van der Waals surface area contributed by atoms with Crippen molar-refractivity contribution < 1.29 is 9.90 Å². The molecule has 4 N–H and O–H groups in total. The third-order valence-corrected chi connectivity index (χ3v) is 6.40. The lowest BCUT2D eigenvalue weighted by Gasteiger charge is -2.23. The highest BCUT2D eigenvalue weighted by atomic mass is 16.3. The number of amides is 1. The Hall–Kier alpha value is -1.65. The molecule has 0 radical (unpaired) electrons. The maximum absolute atomic E-state index is 12.1. The van der Waals surface area contributed by atoms with Crippen molar-refractivity contribution in [2.45, 2.75) is 129 Å². The number of hydrogen-bond acceptors (Lipinski definition) is 3. The molecule has 0 aromatic heterocycles. The van der Waals surface area contributed by atoms with Gasteiger partial charge in [0.2, 0.25) is 5.91 Å². The number of rotatable bonds is 20. The van der Waals surface area contributed by atoms with E-state index in [0.29, 0.717) is 6.42 Å². The van der Waals surface area contributed by atoms with Crippen LogP contribution in [-0.2, 0) is 16.8 Å². The van der Waals surface area contributed by atoms with E-state index in [1.807, 2.05) is 19.9 Å². The van der Waals surface area contributed by atoms with E-state index in [0.717, 1.165) is 57.9 Å². The van der Waals surface area contributed by atoms with Crippen molar-refractivity contribution in [1.82, 2.24) is 5.32 Å². The topological polar surface area (TPSA) is 75.3 Å². The number of carbonyl (C=O) groups is 1. The van der Waals surface area contributed by atoms with Gasteiger partial charge in [0.1, 0.15) is 0 Å². The van der Waals surface area contributed by atoms with E-state index in [2.05, 4.69) is 42.6 Å². The molecule has 4 heteroatoms. The van der Waals surface area contributed by atoms with Crippen LogP contribution in [0, 0.1) is 0 Å². The van der Waals surface area contributed by atoms with Gasteiger partial charge in [-0.3, -0.25) is 4.79 Å². The van der Waals surface area contributed by atoms with Gasteiger partial charge in [-0.1, -0.05) is 88.3 Å². The van der Waals surface area contributed by atoms with Crippen LogP contribution in [0.1, 0.15) is 122 Å². The average molecular weight is 473 g/mol. The standard InChI is InChI=1S/C30H52N2O2/c1-4-5-6-13-21-27(33)22-14-11-9-7-8-10-12-15-24-29(34)32-25-18-20-26-19-16-17-23-28(26)30(2,3)31/h11,14,16-17,19,23,27,33H,4-10,12-13,15,18,20-22,24-25,31H2,1-3H3,(H,32,34)/b14-11-. The van der Waals surface area contributed by atoms with Gasteiger partial charge in [0.05, 0.1) is 6.10 Å². The summed E-state index contributed by atoms with van der Waals surface area (Å²) in [6, 6.07) is 8.33. The second-order valence-electron chi connectivity index (χ2n) is 10.3. The van der Waals surface area contributed by atoms with Gasteiger partial charge in [-0.15, -0.1) is 0 Å². The largest absolute Gasteiger partial charge is 0.393 e. The molecule has 194 valence electrons. The van der Waals surface area contributed by atoms with Gasteiger partial charge in [0.25, 0.3) is 0 Å². The molecule has 0 saturated carbocycles. The van der Waals surface area contributed by atoms with Crippen molar-refractivity contribution >= 4 is 5.91 Å². The number of unbranched alkanes of at least 4 members (excludes halogenated alkanes) is 8. The van der Waals surface area contributed by atoms with Gasteiger partial charge < -0.3 is 16.2 Å². The lowest BCUT2D eigenvalue weighted by molar-refractivity contribution is -0.121. The van der Waals surface area contributed by atoms with Crippen LogP contribution in [0.5, 0.6) is 0 Å². The van der Waals surface area contributed by atoms with Crippen molar-refractivity contribution in [2.24, 2.45) is 5.73 Å². The van der Waals surface area contributed by atoms with E-state index >= 15 is 0 Å². The van der Waals surface area contributed by atoms with Crippen molar-refractivity contribution in [1.29, 1.82) is 0 Å². The number of nitrogens with two attached hydrogens (primary N) is 1. The maximum Gasteiger partial charge on any atom is 0.219 e. The number of allylic oxidation sites excluding steroid dienone is 1. The highest BCUT2D eigenvalue weighted by Gasteiger charge is 2.17. The second-order valence-corrected chi connectivity index (χ2v) is 10.3. The molecular weight excluding hydrogens is 420 g/mol.